The molecule has 21 heavy (non-hydrogen) atoms. The van der Waals surface area contributed by atoms with E-state index in [0.717, 1.165) is 15.8 Å². The van der Waals surface area contributed by atoms with Crippen LogP contribution in [0.4, 0.5) is 10.8 Å². The van der Waals surface area contributed by atoms with E-state index in [0.29, 0.717) is 5.13 Å². The highest BCUT2D eigenvalue weighted by Crippen LogP contribution is 2.28. The lowest BCUT2D eigenvalue weighted by Gasteiger charge is -2.05. The van der Waals surface area contributed by atoms with Crippen molar-refractivity contribution in [1.29, 1.82) is 0 Å². The molecule has 0 aliphatic heterocycles. The number of benzene rings is 1. The Kier molecular flexibility index (Phi) is 3.26. The fourth-order valence-corrected chi connectivity index (χ4v) is 4.13. The molecule has 0 aliphatic rings. The molecule has 0 aliphatic carbocycles. The summed E-state index contributed by atoms with van der Waals surface area (Å²) in [7, 11) is -3.84. The van der Waals surface area contributed by atoms with Gasteiger partial charge in [0, 0.05) is 6.20 Å². The number of rotatable bonds is 3. The molecule has 0 bridgehead atoms. The Hall–Kier alpha value is -2.19. The minimum absolute atomic E-state index is 0.0990. The van der Waals surface area contributed by atoms with Crippen LogP contribution in [0.15, 0.2) is 41.6 Å². The number of aryl methyl sites for hydroxylation is 1. The van der Waals surface area contributed by atoms with Crippen LogP contribution in [0.25, 0.3) is 10.2 Å². The van der Waals surface area contributed by atoms with Crippen molar-refractivity contribution in [3.05, 3.63) is 42.1 Å². The van der Waals surface area contributed by atoms with Gasteiger partial charge in [0.2, 0.25) is 0 Å². The number of pyridine rings is 1. The summed E-state index contributed by atoms with van der Waals surface area (Å²) in [4.78, 5) is 8.07. The van der Waals surface area contributed by atoms with E-state index in [1.165, 1.54) is 23.6 Å². The van der Waals surface area contributed by atoms with Gasteiger partial charge in [0.1, 0.15) is 0 Å². The number of nitrogens with two attached hydrogens (primary N) is 1. The smallest absolute Gasteiger partial charge is 0.283 e. The average molecular weight is 320 g/mol. The molecule has 3 aromatic rings. The Labute approximate surface area is 125 Å². The molecular formula is C13H12N4O2S2. The zero-order valence-corrected chi connectivity index (χ0v) is 12.7. The monoisotopic (exact) mass is 320 g/mol. The van der Waals surface area contributed by atoms with E-state index in [1.807, 2.05) is 25.1 Å². The SMILES string of the molecule is Cc1ccc2nc(NS(=O)(=O)c3ncccc3N)sc2c1. The summed E-state index contributed by atoms with van der Waals surface area (Å²) in [5, 5.41) is 0.0982. The molecule has 2 heterocycles. The van der Waals surface area contributed by atoms with Gasteiger partial charge in [0.25, 0.3) is 10.0 Å². The molecule has 3 N–H and O–H groups in total. The van der Waals surface area contributed by atoms with Gasteiger partial charge in [-0.2, -0.15) is 8.42 Å². The molecule has 0 spiro atoms. The third kappa shape index (κ3) is 2.67. The first-order valence-corrected chi connectivity index (χ1v) is 8.36. The maximum Gasteiger partial charge on any atom is 0.283 e. The van der Waals surface area contributed by atoms with E-state index in [1.54, 1.807) is 6.07 Å². The number of hydrogen-bond acceptors (Lipinski definition) is 6. The summed E-state index contributed by atoms with van der Waals surface area (Å²) in [6.45, 7) is 1.97. The molecule has 0 unspecified atom stereocenters. The van der Waals surface area contributed by atoms with Crippen molar-refractivity contribution in [2.24, 2.45) is 0 Å². The normalized spacial score (nSPS) is 11.7. The van der Waals surface area contributed by atoms with Gasteiger partial charge in [-0.15, -0.1) is 0 Å². The molecule has 1 aromatic carbocycles. The minimum atomic E-state index is -3.84. The Morgan fingerprint density at radius 3 is 2.86 bits per heavy atom. The Bertz CT molecular complexity index is 919. The van der Waals surface area contributed by atoms with Crippen LogP contribution in [0.3, 0.4) is 0 Å². The first-order chi connectivity index (χ1) is 9.95. The highest BCUT2D eigenvalue weighted by Gasteiger charge is 2.20. The second-order valence-electron chi connectivity index (χ2n) is 4.49. The van der Waals surface area contributed by atoms with Gasteiger partial charge < -0.3 is 5.73 Å². The number of nitrogen functional groups attached to an aromatic ring is 1. The van der Waals surface area contributed by atoms with E-state index in [9.17, 15) is 8.42 Å². The van der Waals surface area contributed by atoms with Gasteiger partial charge in [0.15, 0.2) is 10.2 Å². The van der Waals surface area contributed by atoms with Crippen LogP contribution < -0.4 is 10.5 Å². The number of sulfonamides is 1. The largest absolute Gasteiger partial charge is 0.396 e. The Balaban J connectivity index is 1.99. The van der Waals surface area contributed by atoms with Crippen LogP contribution in [0.1, 0.15) is 5.56 Å². The van der Waals surface area contributed by atoms with Crippen molar-refractivity contribution >= 4 is 42.4 Å². The van der Waals surface area contributed by atoms with Gasteiger partial charge in [-0.25, -0.2) is 9.97 Å². The Morgan fingerprint density at radius 1 is 1.29 bits per heavy atom. The van der Waals surface area contributed by atoms with Gasteiger partial charge in [0.05, 0.1) is 15.9 Å². The van der Waals surface area contributed by atoms with Gasteiger partial charge >= 0.3 is 0 Å². The van der Waals surface area contributed by atoms with Crippen LogP contribution in [0.2, 0.25) is 0 Å². The lowest BCUT2D eigenvalue weighted by Crippen LogP contribution is -2.16. The van der Waals surface area contributed by atoms with Crippen molar-refractivity contribution in [2.75, 3.05) is 10.5 Å². The highest BCUT2D eigenvalue weighted by atomic mass is 32.2. The van der Waals surface area contributed by atoms with Gasteiger partial charge in [-0.1, -0.05) is 17.4 Å². The standard InChI is InChI=1S/C13H12N4O2S2/c1-8-4-5-10-11(7-8)20-13(16-10)17-21(18,19)12-9(14)3-2-6-15-12/h2-7H,14H2,1H3,(H,16,17). The van der Waals surface area contributed by atoms with E-state index in [-0.39, 0.29) is 10.7 Å². The zero-order valence-electron chi connectivity index (χ0n) is 11.1. The summed E-state index contributed by atoms with van der Waals surface area (Å²) in [5.74, 6) is 0. The quantitative estimate of drug-likeness (QED) is 0.772. The molecule has 0 amide bonds. The van der Waals surface area contributed by atoms with Gasteiger partial charge in [-0.05, 0) is 36.8 Å². The second-order valence-corrected chi connectivity index (χ2v) is 7.12. The molecule has 0 saturated carbocycles. The predicted molar refractivity (Wildman–Crippen MR) is 83.8 cm³/mol. The van der Waals surface area contributed by atoms with Crippen LogP contribution in [-0.2, 0) is 10.0 Å². The first kappa shape index (κ1) is 13.8. The fourth-order valence-electron chi connectivity index (χ4n) is 1.87. The number of fused-ring (bicyclic) bond motifs is 1. The summed E-state index contributed by atoms with van der Waals surface area (Å²) >= 11 is 1.27. The molecule has 0 fully saturated rings. The van der Waals surface area contributed by atoms with Crippen LogP contribution in [-0.4, -0.2) is 18.4 Å². The molecule has 2 aromatic heterocycles. The molecular weight excluding hydrogens is 308 g/mol. The van der Waals surface area contributed by atoms with Crippen molar-refractivity contribution in [1.82, 2.24) is 9.97 Å². The van der Waals surface area contributed by atoms with Crippen LogP contribution in [0, 0.1) is 6.92 Å². The maximum absolute atomic E-state index is 12.3. The highest BCUT2D eigenvalue weighted by molar-refractivity contribution is 7.93. The van der Waals surface area contributed by atoms with E-state index in [2.05, 4.69) is 14.7 Å². The summed E-state index contributed by atoms with van der Waals surface area (Å²) in [5.41, 5.74) is 7.60. The fraction of sp³-hybridized carbons (Fsp3) is 0.0769. The van der Waals surface area contributed by atoms with Gasteiger partial charge in [-0.3, -0.25) is 4.72 Å². The molecule has 0 saturated heterocycles. The summed E-state index contributed by atoms with van der Waals surface area (Å²) < 4.78 is 27.9. The summed E-state index contributed by atoms with van der Waals surface area (Å²) in [6, 6.07) is 8.81. The second kappa shape index (κ2) is 4.97. The molecule has 108 valence electrons. The number of nitrogens with one attached hydrogen (secondary N) is 1. The minimum Gasteiger partial charge on any atom is -0.396 e. The van der Waals surface area contributed by atoms with Crippen molar-refractivity contribution in [3.8, 4) is 0 Å². The molecule has 6 nitrogen and oxygen atoms in total. The van der Waals surface area contributed by atoms with E-state index < -0.39 is 10.0 Å². The molecule has 8 heteroatoms. The van der Waals surface area contributed by atoms with E-state index >= 15 is 0 Å². The third-order valence-electron chi connectivity index (χ3n) is 2.82. The maximum atomic E-state index is 12.3. The number of hydrogen-bond donors (Lipinski definition) is 2. The first-order valence-electron chi connectivity index (χ1n) is 6.06. The lowest BCUT2D eigenvalue weighted by atomic mass is 10.2. The third-order valence-corrected chi connectivity index (χ3v) is 5.20. The Morgan fingerprint density at radius 2 is 2.10 bits per heavy atom. The average Bonchev–Trinajstić information content (AvgIpc) is 2.79. The topological polar surface area (TPSA) is 98.0 Å². The molecule has 0 atom stereocenters. The van der Waals surface area contributed by atoms with Crippen LogP contribution >= 0.6 is 11.3 Å². The van der Waals surface area contributed by atoms with Crippen molar-refractivity contribution < 1.29 is 8.42 Å². The lowest BCUT2D eigenvalue weighted by molar-refractivity contribution is 0.598. The predicted octanol–water partition coefficient (Wildman–Crippen LogP) is 2.38. The number of nitrogens with zero attached hydrogens (tertiary/aromatic N) is 2. The number of aromatic nitrogens is 2. The summed E-state index contributed by atoms with van der Waals surface area (Å²) in [6.07, 6.45) is 1.38. The van der Waals surface area contributed by atoms with E-state index in [4.69, 9.17) is 5.73 Å². The number of thiazole rings is 1. The molecule has 0 radical (unpaired) electrons. The van der Waals surface area contributed by atoms with Crippen molar-refractivity contribution in [3.63, 3.8) is 0 Å². The van der Waals surface area contributed by atoms with Crippen molar-refractivity contribution in [2.45, 2.75) is 11.9 Å². The zero-order chi connectivity index (χ0) is 15.0. The van der Waals surface area contributed by atoms with Crippen LogP contribution in [0.5, 0.6) is 0 Å². The number of anilines is 2. The molecule has 3 rings (SSSR count).